The molecule has 0 N–H and O–H groups in total. The van der Waals surface area contributed by atoms with Gasteiger partial charge in [-0.1, -0.05) is 12.1 Å². The maximum absolute atomic E-state index is 10.9. The van der Waals surface area contributed by atoms with Crippen molar-refractivity contribution < 1.29 is 8.42 Å². The Morgan fingerprint density at radius 3 is 2.44 bits per heavy atom. The third kappa shape index (κ3) is 2.84. The van der Waals surface area contributed by atoms with E-state index in [4.69, 9.17) is 10.7 Å². The summed E-state index contributed by atoms with van der Waals surface area (Å²) >= 11 is 0. The quantitative estimate of drug-likeness (QED) is 0.789. The normalized spacial score (nSPS) is 11.6. The first-order valence-electron chi connectivity index (χ1n) is 4.54. The van der Waals surface area contributed by atoms with Crippen LogP contribution in [0.4, 0.5) is 0 Å². The number of aromatic nitrogens is 2. The van der Waals surface area contributed by atoms with Crippen LogP contribution in [0.1, 0.15) is 5.56 Å². The Balaban J connectivity index is 2.24. The molecule has 0 atom stereocenters. The first kappa shape index (κ1) is 11.2. The van der Waals surface area contributed by atoms with E-state index in [1.807, 2.05) is 22.9 Å². The highest BCUT2D eigenvalue weighted by molar-refractivity contribution is 8.13. The summed E-state index contributed by atoms with van der Waals surface area (Å²) in [6.45, 7) is 0. The molecule has 0 aliphatic heterocycles. The summed E-state index contributed by atoms with van der Waals surface area (Å²) in [6, 6.07) is 7.10. The Kier molecular flexibility index (Phi) is 2.98. The Hall–Kier alpha value is -1.33. The molecule has 0 aliphatic carbocycles. The highest BCUT2D eigenvalue weighted by Gasteiger charge is 2.06. The molecule has 84 valence electrons. The summed E-state index contributed by atoms with van der Waals surface area (Å²) in [6.07, 6.45) is 5.16. The van der Waals surface area contributed by atoms with Crippen molar-refractivity contribution in [3.8, 4) is 5.69 Å². The SMILES string of the molecule is O=S(=O)(Cl)Cc1ccc(-n2ccnc2)cc1. The van der Waals surface area contributed by atoms with Gasteiger partial charge >= 0.3 is 0 Å². The summed E-state index contributed by atoms with van der Waals surface area (Å²) in [5.74, 6) is -0.154. The summed E-state index contributed by atoms with van der Waals surface area (Å²) < 4.78 is 23.6. The molecular weight excluding hydrogens is 248 g/mol. The van der Waals surface area contributed by atoms with Gasteiger partial charge in [-0.05, 0) is 17.7 Å². The average molecular weight is 257 g/mol. The van der Waals surface area contributed by atoms with Crippen molar-refractivity contribution in [2.24, 2.45) is 0 Å². The average Bonchev–Trinajstić information content (AvgIpc) is 2.69. The maximum Gasteiger partial charge on any atom is 0.236 e. The summed E-state index contributed by atoms with van der Waals surface area (Å²) in [5.41, 5.74) is 1.59. The zero-order chi connectivity index (χ0) is 11.6. The van der Waals surface area contributed by atoms with E-state index in [2.05, 4.69) is 4.98 Å². The second-order valence-electron chi connectivity index (χ2n) is 3.32. The lowest BCUT2D eigenvalue weighted by Crippen LogP contribution is -1.96. The third-order valence-corrected chi connectivity index (χ3v) is 3.08. The van der Waals surface area contributed by atoms with E-state index in [1.54, 1.807) is 24.7 Å². The molecule has 0 spiro atoms. The van der Waals surface area contributed by atoms with Crippen molar-refractivity contribution in [2.45, 2.75) is 5.75 Å². The fraction of sp³-hybridized carbons (Fsp3) is 0.100. The number of nitrogens with zero attached hydrogens (tertiary/aromatic N) is 2. The molecule has 0 radical (unpaired) electrons. The number of hydrogen-bond acceptors (Lipinski definition) is 3. The van der Waals surface area contributed by atoms with Crippen molar-refractivity contribution in [1.29, 1.82) is 0 Å². The number of rotatable bonds is 3. The minimum absolute atomic E-state index is 0.154. The van der Waals surface area contributed by atoms with Gasteiger partial charge in [-0.15, -0.1) is 0 Å². The van der Waals surface area contributed by atoms with E-state index in [0.717, 1.165) is 5.69 Å². The Bertz CT molecular complexity index is 561. The van der Waals surface area contributed by atoms with Crippen LogP contribution in [0.2, 0.25) is 0 Å². The topological polar surface area (TPSA) is 52.0 Å². The molecule has 1 aromatic heterocycles. The highest BCUT2D eigenvalue weighted by atomic mass is 35.7. The molecule has 1 aromatic carbocycles. The standard InChI is InChI=1S/C10H9ClN2O2S/c11-16(14,15)7-9-1-3-10(4-2-9)13-6-5-12-8-13/h1-6,8H,7H2. The monoisotopic (exact) mass is 256 g/mol. The zero-order valence-electron chi connectivity index (χ0n) is 8.25. The number of imidazole rings is 1. The Morgan fingerprint density at radius 1 is 1.25 bits per heavy atom. The molecule has 1 heterocycles. The van der Waals surface area contributed by atoms with Crippen LogP contribution in [0.5, 0.6) is 0 Å². The predicted octanol–water partition coefficient (Wildman–Crippen LogP) is 1.94. The van der Waals surface area contributed by atoms with E-state index in [9.17, 15) is 8.42 Å². The van der Waals surface area contributed by atoms with Gasteiger partial charge in [-0.3, -0.25) is 0 Å². The van der Waals surface area contributed by atoms with Gasteiger partial charge in [0.15, 0.2) is 0 Å². The van der Waals surface area contributed by atoms with Gasteiger partial charge in [0, 0.05) is 28.8 Å². The molecule has 6 heteroatoms. The minimum atomic E-state index is -3.49. The van der Waals surface area contributed by atoms with Gasteiger partial charge in [-0.2, -0.15) is 0 Å². The largest absolute Gasteiger partial charge is 0.306 e. The van der Waals surface area contributed by atoms with Crippen molar-refractivity contribution in [3.05, 3.63) is 48.5 Å². The highest BCUT2D eigenvalue weighted by Crippen LogP contribution is 2.13. The summed E-state index contributed by atoms with van der Waals surface area (Å²) in [4.78, 5) is 3.93. The lowest BCUT2D eigenvalue weighted by Gasteiger charge is -2.03. The van der Waals surface area contributed by atoms with Crippen LogP contribution in [0, 0.1) is 0 Å². The Morgan fingerprint density at radius 2 is 1.94 bits per heavy atom. The van der Waals surface area contributed by atoms with Crippen LogP contribution in [0.3, 0.4) is 0 Å². The van der Waals surface area contributed by atoms with Gasteiger partial charge in [0.1, 0.15) is 0 Å². The van der Waals surface area contributed by atoms with Gasteiger partial charge < -0.3 is 4.57 Å². The van der Waals surface area contributed by atoms with Crippen molar-refractivity contribution in [3.63, 3.8) is 0 Å². The molecule has 0 saturated carbocycles. The fourth-order valence-electron chi connectivity index (χ4n) is 1.38. The molecular formula is C10H9ClN2O2S. The molecule has 16 heavy (non-hydrogen) atoms. The molecule has 0 fully saturated rings. The summed E-state index contributed by atoms with van der Waals surface area (Å²) in [5, 5.41) is 0. The molecule has 0 saturated heterocycles. The van der Waals surface area contributed by atoms with E-state index >= 15 is 0 Å². The lowest BCUT2D eigenvalue weighted by molar-refractivity contribution is 0.609. The maximum atomic E-state index is 10.9. The molecule has 0 aliphatic rings. The molecule has 4 nitrogen and oxygen atoms in total. The first-order chi connectivity index (χ1) is 7.54. The first-order valence-corrected chi connectivity index (χ1v) is 7.02. The van der Waals surface area contributed by atoms with Crippen LogP contribution < -0.4 is 0 Å². The minimum Gasteiger partial charge on any atom is -0.306 e. The van der Waals surface area contributed by atoms with Gasteiger partial charge in [0.05, 0.1) is 12.1 Å². The number of benzene rings is 1. The molecule has 0 bridgehead atoms. The van der Waals surface area contributed by atoms with E-state index < -0.39 is 9.05 Å². The predicted molar refractivity (Wildman–Crippen MR) is 62.0 cm³/mol. The van der Waals surface area contributed by atoms with Crippen molar-refractivity contribution in [2.75, 3.05) is 0 Å². The molecule has 2 rings (SSSR count). The van der Waals surface area contributed by atoms with E-state index in [1.165, 1.54) is 0 Å². The lowest BCUT2D eigenvalue weighted by atomic mass is 10.2. The Labute approximate surface area is 97.9 Å². The third-order valence-electron chi connectivity index (χ3n) is 2.08. The van der Waals surface area contributed by atoms with Gasteiger partial charge in [0.25, 0.3) is 0 Å². The van der Waals surface area contributed by atoms with Gasteiger partial charge in [-0.25, -0.2) is 13.4 Å². The van der Waals surface area contributed by atoms with E-state index in [0.29, 0.717) is 5.56 Å². The van der Waals surface area contributed by atoms with Gasteiger partial charge in [0.2, 0.25) is 9.05 Å². The smallest absolute Gasteiger partial charge is 0.236 e. The van der Waals surface area contributed by atoms with Crippen LogP contribution >= 0.6 is 10.7 Å². The molecule has 0 amide bonds. The second kappa shape index (κ2) is 4.27. The van der Waals surface area contributed by atoms with Crippen LogP contribution in [-0.2, 0) is 14.8 Å². The number of hydrogen-bond donors (Lipinski definition) is 0. The zero-order valence-corrected chi connectivity index (χ0v) is 9.82. The van der Waals surface area contributed by atoms with Crippen LogP contribution in [-0.4, -0.2) is 18.0 Å². The fourth-order valence-corrected chi connectivity index (χ4v) is 2.34. The second-order valence-corrected chi connectivity index (χ2v) is 6.10. The molecule has 2 aromatic rings. The van der Waals surface area contributed by atoms with Crippen molar-refractivity contribution >= 4 is 19.7 Å². The summed E-state index contributed by atoms with van der Waals surface area (Å²) in [7, 11) is 1.67. The van der Waals surface area contributed by atoms with Crippen LogP contribution in [0.25, 0.3) is 5.69 Å². The van der Waals surface area contributed by atoms with E-state index in [-0.39, 0.29) is 5.75 Å². The molecule has 0 unspecified atom stereocenters. The van der Waals surface area contributed by atoms with Crippen LogP contribution in [0.15, 0.2) is 43.0 Å². The van der Waals surface area contributed by atoms with Crippen molar-refractivity contribution in [1.82, 2.24) is 9.55 Å². The number of halogens is 1.